The Kier molecular flexibility index (Phi) is 5.40. The fourth-order valence-corrected chi connectivity index (χ4v) is 3.71. The van der Waals surface area contributed by atoms with E-state index in [0.29, 0.717) is 11.7 Å². The maximum atomic E-state index is 12.1. The van der Waals surface area contributed by atoms with E-state index in [2.05, 4.69) is 15.5 Å². The molecule has 1 heterocycles. The molecule has 1 aliphatic carbocycles. The van der Waals surface area contributed by atoms with Crippen molar-refractivity contribution in [2.24, 2.45) is 7.05 Å². The Morgan fingerprint density at radius 2 is 2.00 bits per heavy atom. The Balaban J connectivity index is 1.54. The summed E-state index contributed by atoms with van der Waals surface area (Å²) in [5.74, 6) is 2.58. The van der Waals surface area contributed by atoms with Gasteiger partial charge < -0.3 is 14.6 Å². The molecule has 0 spiro atoms. The van der Waals surface area contributed by atoms with E-state index in [9.17, 15) is 4.79 Å². The van der Waals surface area contributed by atoms with Crippen LogP contribution in [0.4, 0.5) is 5.69 Å². The molecule has 1 N–H and O–H groups in total. The first-order valence-electron chi connectivity index (χ1n) is 8.13. The van der Waals surface area contributed by atoms with Crippen LogP contribution in [0.3, 0.4) is 0 Å². The molecule has 2 aromatic rings. The Bertz CT molecular complexity index is 693. The summed E-state index contributed by atoms with van der Waals surface area (Å²) < 4.78 is 7.13. The maximum absolute atomic E-state index is 12.1. The maximum Gasteiger partial charge on any atom is 0.234 e. The van der Waals surface area contributed by atoms with Gasteiger partial charge in [0.05, 0.1) is 12.9 Å². The second kappa shape index (κ2) is 7.70. The fraction of sp³-hybridized carbons (Fsp3) is 0.471. The van der Waals surface area contributed by atoms with Gasteiger partial charge in [-0.2, -0.15) is 0 Å². The first-order chi connectivity index (χ1) is 11.7. The first kappa shape index (κ1) is 16.8. The van der Waals surface area contributed by atoms with Gasteiger partial charge in [0.1, 0.15) is 11.6 Å². The topological polar surface area (TPSA) is 69.0 Å². The Hall–Kier alpha value is -2.02. The Labute approximate surface area is 146 Å². The highest BCUT2D eigenvalue weighted by molar-refractivity contribution is 7.99. The molecule has 1 aromatic heterocycles. The normalized spacial score (nSPS) is 14.8. The van der Waals surface area contributed by atoms with Crippen LogP contribution in [-0.4, -0.2) is 33.5 Å². The predicted molar refractivity (Wildman–Crippen MR) is 94.6 cm³/mol. The molecule has 7 heteroatoms. The average molecular weight is 346 g/mol. The molecule has 1 aliphatic rings. The highest BCUT2D eigenvalue weighted by atomic mass is 32.2. The van der Waals surface area contributed by atoms with Gasteiger partial charge in [-0.15, -0.1) is 10.2 Å². The Morgan fingerprint density at radius 1 is 1.29 bits per heavy atom. The summed E-state index contributed by atoms with van der Waals surface area (Å²) in [7, 11) is 3.60. The number of benzene rings is 1. The molecule has 0 saturated heterocycles. The van der Waals surface area contributed by atoms with E-state index in [4.69, 9.17) is 4.74 Å². The van der Waals surface area contributed by atoms with E-state index in [-0.39, 0.29) is 5.91 Å². The smallest absolute Gasteiger partial charge is 0.234 e. The van der Waals surface area contributed by atoms with Gasteiger partial charge in [-0.25, -0.2) is 0 Å². The molecule has 0 atom stereocenters. The number of nitrogens with one attached hydrogen (secondary N) is 1. The SMILES string of the molecule is COc1ccc(NC(=O)CSc2nnc(C3CCCC3)n2C)cc1. The molecule has 1 fully saturated rings. The molecule has 1 amide bonds. The lowest BCUT2D eigenvalue weighted by molar-refractivity contribution is -0.113. The van der Waals surface area contributed by atoms with Gasteiger partial charge >= 0.3 is 0 Å². The van der Waals surface area contributed by atoms with Crippen LogP contribution in [-0.2, 0) is 11.8 Å². The van der Waals surface area contributed by atoms with Crippen LogP contribution < -0.4 is 10.1 Å². The van der Waals surface area contributed by atoms with Crippen LogP contribution >= 0.6 is 11.8 Å². The van der Waals surface area contributed by atoms with Gasteiger partial charge in [-0.05, 0) is 37.1 Å². The zero-order chi connectivity index (χ0) is 16.9. The largest absolute Gasteiger partial charge is 0.497 e. The second-order valence-corrected chi connectivity index (χ2v) is 6.89. The van der Waals surface area contributed by atoms with Gasteiger partial charge in [-0.1, -0.05) is 24.6 Å². The summed E-state index contributed by atoms with van der Waals surface area (Å²) >= 11 is 1.41. The number of rotatable bonds is 6. The first-order valence-corrected chi connectivity index (χ1v) is 9.12. The molecular formula is C17H22N4O2S. The molecule has 1 saturated carbocycles. The number of aromatic nitrogens is 3. The molecule has 0 bridgehead atoms. The molecule has 0 unspecified atom stereocenters. The number of amides is 1. The monoisotopic (exact) mass is 346 g/mol. The van der Waals surface area contributed by atoms with Crippen LogP contribution in [0.15, 0.2) is 29.4 Å². The van der Waals surface area contributed by atoms with Gasteiger partial charge in [0.15, 0.2) is 5.16 Å². The molecule has 24 heavy (non-hydrogen) atoms. The lowest BCUT2D eigenvalue weighted by Crippen LogP contribution is -2.14. The second-order valence-electron chi connectivity index (χ2n) is 5.95. The third-order valence-corrected chi connectivity index (χ3v) is 5.32. The molecule has 3 rings (SSSR count). The van der Waals surface area contributed by atoms with E-state index in [1.807, 2.05) is 35.9 Å². The standard InChI is InChI=1S/C17H22N4O2S/c1-21-16(12-5-3-4-6-12)19-20-17(21)24-11-15(22)18-13-7-9-14(23-2)10-8-13/h7-10,12H,3-6,11H2,1-2H3,(H,18,22). The van der Waals surface area contributed by atoms with Crippen molar-refractivity contribution in [3.63, 3.8) is 0 Å². The van der Waals surface area contributed by atoms with E-state index in [0.717, 1.165) is 22.4 Å². The zero-order valence-electron chi connectivity index (χ0n) is 14.0. The molecule has 128 valence electrons. The minimum absolute atomic E-state index is 0.0596. The van der Waals surface area contributed by atoms with Gasteiger partial charge in [-0.3, -0.25) is 4.79 Å². The summed E-state index contributed by atoms with van der Waals surface area (Å²) in [6.07, 6.45) is 4.91. The van der Waals surface area contributed by atoms with E-state index in [1.54, 1.807) is 7.11 Å². The molecule has 1 aromatic carbocycles. The van der Waals surface area contributed by atoms with Gasteiger partial charge in [0.25, 0.3) is 0 Å². The van der Waals surface area contributed by atoms with Gasteiger partial charge in [0.2, 0.25) is 5.91 Å². The van der Waals surface area contributed by atoms with Crippen molar-refractivity contribution in [2.75, 3.05) is 18.2 Å². The van der Waals surface area contributed by atoms with E-state index in [1.165, 1.54) is 37.4 Å². The summed E-state index contributed by atoms with van der Waals surface area (Å²) in [6, 6.07) is 7.28. The highest BCUT2D eigenvalue weighted by Crippen LogP contribution is 2.33. The summed E-state index contributed by atoms with van der Waals surface area (Å²) in [5.41, 5.74) is 0.756. The predicted octanol–water partition coefficient (Wildman–Crippen LogP) is 3.21. The quantitative estimate of drug-likeness (QED) is 0.814. The number of methoxy groups -OCH3 is 1. The van der Waals surface area contributed by atoms with Crippen molar-refractivity contribution < 1.29 is 9.53 Å². The molecule has 0 aliphatic heterocycles. The van der Waals surface area contributed by atoms with Crippen LogP contribution in [0.2, 0.25) is 0 Å². The molecular weight excluding hydrogens is 324 g/mol. The zero-order valence-corrected chi connectivity index (χ0v) is 14.8. The number of ether oxygens (including phenoxy) is 1. The minimum Gasteiger partial charge on any atom is -0.497 e. The summed E-state index contributed by atoms with van der Waals surface area (Å²) in [4.78, 5) is 12.1. The number of hydrogen-bond acceptors (Lipinski definition) is 5. The number of thioether (sulfide) groups is 1. The van der Waals surface area contributed by atoms with Crippen LogP contribution in [0.5, 0.6) is 5.75 Å². The average Bonchev–Trinajstić information content (AvgIpc) is 3.23. The number of hydrogen-bond donors (Lipinski definition) is 1. The summed E-state index contributed by atoms with van der Waals surface area (Å²) in [6.45, 7) is 0. The van der Waals surface area contributed by atoms with Crippen LogP contribution in [0.1, 0.15) is 37.4 Å². The van der Waals surface area contributed by atoms with Crippen molar-refractivity contribution in [3.8, 4) is 5.75 Å². The minimum atomic E-state index is -0.0596. The van der Waals surface area contributed by atoms with Crippen molar-refractivity contribution in [3.05, 3.63) is 30.1 Å². The van der Waals surface area contributed by atoms with E-state index >= 15 is 0 Å². The highest BCUT2D eigenvalue weighted by Gasteiger charge is 2.23. The fourth-order valence-electron chi connectivity index (χ4n) is 2.99. The summed E-state index contributed by atoms with van der Waals surface area (Å²) in [5, 5.41) is 12.2. The molecule has 0 radical (unpaired) electrons. The Morgan fingerprint density at radius 3 is 2.67 bits per heavy atom. The lowest BCUT2D eigenvalue weighted by atomic mass is 10.1. The van der Waals surface area contributed by atoms with Crippen LogP contribution in [0, 0.1) is 0 Å². The number of carbonyl (C=O) groups is 1. The van der Waals surface area contributed by atoms with Gasteiger partial charge in [0, 0.05) is 18.7 Å². The lowest BCUT2D eigenvalue weighted by Gasteiger charge is -2.09. The van der Waals surface area contributed by atoms with Crippen molar-refractivity contribution in [1.82, 2.24) is 14.8 Å². The number of nitrogens with zero attached hydrogens (tertiary/aromatic N) is 3. The van der Waals surface area contributed by atoms with Crippen molar-refractivity contribution >= 4 is 23.4 Å². The van der Waals surface area contributed by atoms with Crippen molar-refractivity contribution in [1.29, 1.82) is 0 Å². The van der Waals surface area contributed by atoms with Crippen molar-refractivity contribution in [2.45, 2.75) is 36.8 Å². The number of carbonyl (C=O) groups excluding carboxylic acids is 1. The molecule has 6 nitrogen and oxygen atoms in total. The third kappa shape index (κ3) is 3.90. The van der Waals surface area contributed by atoms with Crippen LogP contribution in [0.25, 0.3) is 0 Å². The third-order valence-electron chi connectivity index (χ3n) is 4.30. The van der Waals surface area contributed by atoms with E-state index < -0.39 is 0 Å². The number of anilines is 1.